The third-order valence-corrected chi connectivity index (χ3v) is 10.0. The lowest BCUT2D eigenvalue weighted by Gasteiger charge is -2.58. The third kappa shape index (κ3) is 3.75. The molecule has 0 aromatic heterocycles. The second-order valence-electron chi connectivity index (χ2n) is 12.5. The van der Waals surface area contributed by atoms with E-state index in [0.29, 0.717) is 17.4 Å². The molecule has 192 valence electrons. The fourth-order valence-electron chi connectivity index (χ4n) is 8.99. The first-order chi connectivity index (χ1) is 17.4. The number of nitrogens with one attached hydrogen (secondary N) is 1. The lowest BCUT2D eigenvalue weighted by atomic mass is 9.49. The summed E-state index contributed by atoms with van der Waals surface area (Å²) in [4.78, 5) is 43.5. The Morgan fingerprint density at radius 3 is 2.25 bits per heavy atom. The van der Waals surface area contributed by atoms with Crippen molar-refractivity contribution >= 4 is 23.4 Å². The molecule has 8 heteroatoms. The minimum absolute atomic E-state index is 0.212. The van der Waals surface area contributed by atoms with Crippen LogP contribution in [0.25, 0.3) is 0 Å². The number of benzene rings is 1. The van der Waals surface area contributed by atoms with Gasteiger partial charge in [0, 0.05) is 62.5 Å². The van der Waals surface area contributed by atoms with Crippen LogP contribution in [0.15, 0.2) is 12.1 Å². The highest BCUT2D eigenvalue weighted by Crippen LogP contribution is 2.60. The zero-order valence-electron chi connectivity index (χ0n) is 20.8. The van der Waals surface area contributed by atoms with Crippen LogP contribution in [0.2, 0.25) is 0 Å². The van der Waals surface area contributed by atoms with Crippen molar-refractivity contribution in [3.05, 3.63) is 29.1 Å². The Bertz CT molecular complexity index is 1090. The quantitative estimate of drug-likeness (QED) is 0.652. The Morgan fingerprint density at radius 1 is 0.944 bits per heavy atom. The van der Waals surface area contributed by atoms with Gasteiger partial charge in [-0.05, 0) is 80.2 Å². The van der Waals surface area contributed by atoms with Crippen molar-refractivity contribution in [3.8, 4) is 0 Å². The first-order valence-electron chi connectivity index (χ1n) is 13.8. The maximum Gasteiger partial charge on any atom is 0.255 e. The fourth-order valence-corrected chi connectivity index (χ4v) is 8.99. The molecule has 8 rings (SSSR count). The molecule has 4 aliphatic carbocycles. The number of fused-ring (bicyclic) bond motifs is 1. The highest BCUT2D eigenvalue weighted by molar-refractivity contribution is 6.06. The number of nitrogens with zero attached hydrogens (tertiary/aromatic N) is 3. The molecule has 1 aromatic carbocycles. The minimum Gasteiger partial charge on any atom is -0.369 e. The molecule has 3 aliphatic heterocycles. The van der Waals surface area contributed by atoms with Crippen LogP contribution in [0, 0.1) is 29.0 Å². The SMILES string of the molecule is O=C1CCC(N2Cc3c(cc(F)cc3N3CCN(CC45CC6CC(CC(C6)C4)C5)CC3)C2=O)C(=O)N1. The Kier molecular flexibility index (Phi) is 5.21. The van der Waals surface area contributed by atoms with Crippen molar-refractivity contribution in [1.29, 1.82) is 0 Å². The molecule has 6 fully saturated rings. The average molecular weight is 495 g/mol. The Hall–Kier alpha value is -2.48. The molecule has 1 aromatic rings. The van der Waals surface area contributed by atoms with Gasteiger partial charge in [-0.2, -0.15) is 0 Å². The van der Waals surface area contributed by atoms with Gasteiger partial charge in [-0.3, -0.25) is 24.6 Å². The minimum atomic E-state index is -0.685. The lowest BCUT2D eigenvalue weighted by Crippen LogP contribution is -2.55. The van der Waals surface area contributed by atoms with E-state index in [1.54, 1.807) is 6.07 Å². The van der Waals surface area contributed by atoms with E-state index in [1.165, 1.54) is 56.0 Å². The Balaban J connectivity index is 1.05. The molecule has 4 bridgehead atoms. The van der Waals surface area contributed by atoms with Gasteiger partial charge >= 0.3 is 0 Å². The molecule has 0 spiro atoms. The molecular weight excluding hydrogens is 459 g/mol. The molecular formula is C28H35FN4O3. The summed E-state index contributed by atoms with van der Waals surface area (Å²) in [6, 6.07) is 2.17. The number of piperazine rings is 1. The zero-order chi connectivity index (χ0) is 24.6. The normalized spacial score (nSPS) is 36.0. The molecule has 7 nitrogen and oxygen atoms in total. The summed E-state index contributed by atoms with van der Waals surface area (Å²) >= 11 is 0. The summed E-state index contributed by atoms with van der Waals surface area (Å²) < 4.78 is 14.7. The first-order valence-corrected chi connectivity index (χ1v) is 13.8. The van der Waals surface area contributed by atoms with Gasteiger partial charge in [0.25, 0.3) is 5.91 Å². The number of halogens is 1. The van der Waals surface area contributed by atoms with Crippen molar-refractivity contribution < 1.29 is 18.8 Å². The number of hydrogen-bond acceptors (Lipinski definition) is 5. The molecule has 7 aliphatic rings. The maximum absolute atomic E-state index is 14.7. The van der Waals surface area contributed by atoms with Gasteiger partial charge in [-0.15, -0.1) is 0 Å². The van der Waals surface area contributed by atoms with Crippen LogP contribution < -0.4 is 10.2 Å². The molecule has 3 amide bonds. The molecule has 1 unspecified atom stereocenters. The predicted octanol–water partition coefficient (Wildman–Crippen LogP) is 2.93. The number of hydrogen-bond donors (Lipinski definition) is 1. The summed E-state index contributed by atoms with van der Waals surface area (Å²) in [7, 11) is 0. The van der Waals surface area contributed by atoms with Crippen LogP contribution in [0.5, 0.6) is 0 Å². The topological polar surface area (TPSA) is 73.0 Å². The van der Waals surface area contributed by atoms with E-state index in [9.17, 15) is 18.8 Å². The molecule has 4 saturated carbocycles. The second kappa shape index (κ2) is 8.27. The van der Waals surface area contributed by atoms with E-state index in [-0.39, 0.29) is 24.8 Å². The van der Waals surface area contributed by atoms with Crippen molar-refractivity contribution in [1.82, 2.24) is 15.1 Å². The van der Waals surface area contributed by atoms with E-state index in [0.717, 1.165) is 55.2 Å². The van der Waals surface area contributed by atoms with E-state index in [4.69, 9.17) is 0 Å². The van der Waals surface area contributed by atoms with Gasteiger partial charge in [0.1, 0.15) is 11.9 Å². The van der Waals surface area contributed by atoms with Gasteiger partial charge in [-0.25, -0.2) is 4.39 Å². The molecule has 2 saturated heterocycles. The van der Waals surface area contributed by atoms with Crippen LogP contribution in [0.3, 0.4) is 0 Å². The Labute approximate surface area is 211 Å². The Morgan fingerprint density at radius 2 is 1.61 bits per heavy atom. The standard InChI is InChI=1S/C28H35FN4O3/c29-20-10-21-22(15-33(27(21)36)23-1-2-25(34)30-26(23)35)24(11-20)32-5-3-31(4-6-32)16-28-12-17-7-18(13-28)9-19(8-17)14-28/h10-11,17-19,23H,1-9,12-16H2,(H,30,34,35). The van der Waals surface area contributed by atoms with Gasteiger partial charge in [0.05, 0.1) is 0 Å². The summed E-state index contributed by atoms with van der Waals surface area (Å²) in [5.74, 6) is 1.39. The highest BCUT2D eigenvalue weighted by Gasteiger charge is 2.51. The van der Waals surface area contributed by atoms with E-state index in [2.05, 4.69) is 15.1 Å². The molecule has 1 N–H and O–H groups in total. The molecule has 36 heavy (non-hydrogen) atoms. The highest BCUT2D eigenvalue weighted by atomic mass is 19.1. The smallest absolute Gasteiger partial charge is 0.255 e. The average Bonchev–Trinajstić information content (AvgIpc) is 3.14. The number of anilines is 1. The monoisotopic (exact) mass is 494 g/mol. The number of amides is 3. The summed E-state index contributed by atoms with van der Waals surface area (Å²) in [6.07, 6.45) is 9.15. The lowest BCUT2D eigenvalue weighted by molar-refractivity contribution is -0.136. The van der Waals surface area contributed by atoms with Crippen molar-refractivity contribution in [2.45, 2.75) is 64.0 Å². The fraction of sp³-hybridized carbons (Fsp3) is 0.679. The first kappa shape index (κ1) is 22.7. The number of carbonyl (C=O) groups excluding carboxylic acids is 3. The summed E-state index contributed by atoms with van der Waals surface area (Å²) in [6.45, 7) is 5.02. The zero-order valence-corrected chi connectivity index (χ0v) is 20.8. The van der Waals surface area contributed by atoms with Crippen LogP contribution in [-0.2, 0) is 16.1 Å². The van der Waals surface area contributed by atoms with Crippen LogP contribution in [0.1, 0.15) is 67.3 Å². The second-order valence-corrected chi connectivity index (χ2v) is 12.5. The van der Waals surface area contributed by atoms with E-state index < -0.39 is 17.8 Å². The van der Waals surface area contributed by atoms with Crippen LogP contribution in [0.4, 0.5) is 10.1 Å². The molecule has 0 radical (unpaired) electrons. The molecule has 1 atom stereocenters. The number of piperidine rings is 1. The van der Waals surface area contributed by atoms with Crippen molar-refractivity contribution in [3.63, 3.8) is 0 Å². The number of imide groups is 1. The molecule has 3 heterocycles. The summed E-state index contributed by atoms with van der Waals surface area (Å²) in [5, 5.41) is 2.34. The van der Waals surface area contributed by atoms with Crippen molar-refractivity contribution in [2.24, 2.45) is 23.2 Å². The largest absolute Gasteiger partial charge is 0.369 e. The van der Waals surface area contributed by atoms with Gasteiger partial charge in [0.2, 0.25) is 11.8 Å². The van der Waals surface area contributed by atoms with Gasteiger partial charge in [-0.1, -0.05) is 0 Å². The summed E-state index contributed by atoms with van der Waals surface area (Å²) in [5.41, 5.74) is 2.46. The number of rotatable bonds is 4. The predicted molar refractivity (Wildman–Crippen MR) is 132 cm³/mol. The van der Waals surface area contributed by atoms with Crippen LogP contribution >= 0.6 is 0 Å². The van der Waals surface area contributed by atoms with Gasteiger partial charge in [0.15, 0.2) is 0 Å². The third-order valence-electron chi connectivity index (χ3n) is 10.0. The van der Waals surface area contributed by atoms with Crippen LogP contribution in [-0.4, -0.2) is 66.3 Å². The van der Waals surface area contributed by atoms with E-state index >= 15 is 0 Å². The van der Waals surface area contributed by atoms with Gasteiger partial charge < -0.3 is 9.80 Å². The number of carbonyl (C=O) groups is 3. The maximum atomic E-state index is 14.7. The van der Waals surface area contributed by atoms with Crippen molar-refractivity contribution in [2.75, 3.05) is 37.6 Å². The van der Waals surface area contributed by atoms with E-state index in [1.807, 2.05) is 0 Å².